The van der Waals surface area contributed by atoms with E-state index in [-0.39, 0.29) is 18.0 Å². The Labute approximate surface area is 90.4 Å². The van der Waals surface area contributed by atoms with Gasteiger partial charge >= 0.3 is 0 Å². The van der Waals surface area contributed by atoms with Gasteiger partial charge in [-0.25, -0.2) is 4.39 Å². The number of benzene rings is 1. The fourth-order valence-corrected chi connectivity index (χ4v) is 2.04. The molecule has 1 aliphatic heterocycles. The molecule has 76 valence electrons. The number of halogens is 2. The van der Waals surface area contributed by atoms with Crippen LogP contribution in [0.3, 0.4) is 0 Å². The molecule has 2 atom stereocenters. The number of fused-ring (bicyclic) bond motifs is 1. The molecule has 14 heavy (non-hydrogen) atoms. The number of rotatable bonds is 1. The lowest BCUT2D eigenvalue weighted by atomic mass is 10.0. The predicted octanol–water partition coefficient (Wildman–Crippen LogP) is 2.76. The first-order valence-electron chi connectivity index (χ1n) is 4.54. The molecule has 0 amide bonds. The maximum atomic E-state index is 13.2. The van der Waals surface area contributed by atoms with Crippen molar-refractivity contribution in [2.24, 2.45) is 5.73 Å². The Morgan fingerprint density at radius 1 is 1.57 bits per heavy atom. The van der Waals surface area contributed by atoms with Crippen molar-refractivity contribution in [3.63, 3.8) is 0 Å². The molecule has 0 saturated heterocycles. The molecule has 2 nitrogen and oxygen atoms in total. The van der Waals surface area contributed by atoms with E-state index in [1.807, 2.05) is 6.92 Å². The van der Waals surface area contributed by atoms with Crippen LogP contribution in [0.2, 0.25) is 0 Å². The third kappa shape index (κ3) is 1.42. The fourth-order valence-electron chi connectivity index (χ4n) is 1.68. The quantitative estimate of drug-likeness (QED) is 0.842. The predicted molar refractivity (Wildman–Crippen MR) is 55.7 cm³/mol. The summed E-state index contributed by atoms with van der Waals surface area (Å²) in [6.45, 7) is 2.00. The van der Waals surface area contributed by atoms with Crippen molar-refractivity contribution < 1.29 is 9.13 Å². The highest BCUT2D eigenvalue weighted by atomic mass is 79.9. The summed E-state index contributed by atoms with van der Waals surface area (Å²) in [5.41, 5.74) is 6.83. The van der Waals surface area contributed by atoms with Gasteiger partial charge in [0.25, 0.3) is 0 Å². The number of hydrogen-bond acceptors (Lipinski definition) is 2. The molecule has 0 saturated carbocycles. The van der Waals surface area contributed by atoms with Crippen LogP contribution in [-0.2, 0) is 0 Å². The Morgan fingerprint density at radius 2 is 2.29 bits per heavy atom. The first-order chi connectivity index (χ1) is 6.63. The second-order valence-corrected chi connectivity index (χ2v) is 4.25. The van der Waals surface area contributed by atoms with Gasteiger partial charge < -0.3 is 10.5 Å². The van der Waals surface area contributed by atoms with Crippen LogP contribution in [0.4, 0.5) is 4.39 Å². The Balaban J connectivity index is 2.44. The highest BCUT2D eigenvalue weighted by Gasteiger charge is 2.31. The van der Waals surface area contributed by atoms with Crippen molar-refractivity contribution >= 4 is 15.9 Å². The van der Waals surface area contributed by atoms with Gasteiger partial charge in [-0.3, -0.25) is 0 Å². The first kappa shape index (κ1) is 9.93. The molecule has 2 rings (SSSR count). The smallest absolute Gasteiger partial charge is 0.141 e. The molecule has 2 unspecified atom stereocenters. The summed E-state index contributed by atoms with van der Waals surface area (Å²) in [7, 11) is 0. The van der Waals surface area contributed by atoms with E-state index in [2.05, 4.69) is 15.9 Å². The fraction of sp³-hybridized carbons (Fsp3) is 0.400. The van der Waals surface area contributed by atoms with Crippen molar-refractivity contribution in [3.8, 4) is 5.75 Å². The highest BCUT2D eigenvalue weighted by Crippen LogP contribution is 2.39. The minimum absolute atomic E-state index is 0.0290. The number of ether oxygens (including phenoxy) is 1. The molecule has 0 bridgehead atoms. The molecular weight excluding hydrogens is 249 g/mol. The van der Waals surface area contributed by atoms with Crippen molar-refractivity contribution in [1.82, 2.24) is 0 Å². The Kier molecular flexibility index (Phi) is 2.49. The third-order valence-corrected chi connectivity index (χ3v) is 3.10. The van der Waals surface area contributed by atoms with Gasteiger partial charge in [0.2, 0.25) is 0 Å². The monoisotopic (exact) mass is 259 g/mol. The van der Waals surface area contributed by atoms with E-state index < -0.39 is 0 Å². The molecule has 2 N–H and O–H groups in total. The molecule has 1 heterocycles. The van der Waals surface area contributed by atoms with Crippen LogP contribution in [0.15, 0.2) is 16.6 Å². The Hall–Kier alpha value is -0.610. The average Bonchev–Trinajstić information content (AvgIpc) is 2.45. The van der Waals surface area contributed by atoms with E-state index >= 15 is 0 Å². The lowest BCUT2D eigenvalue weighted by Crippen LogP contribution is -2.24. The zero-order chi connectivity index (χ0) is 10.3. The molecular formula is C10H11BrFNO. The van der Waals surface area contributed by atoms with Gasteiger partial charge in [-0.15, -0.1) is 0 Å². The van der Waals surface area contributed by atoms with Crippen LogP contribution < -0.4 is 10.5 Å². The summed E-state index contributed by atoms with van der Waals surface area (Å²) in [6, 6.07) is 2.94. The zero-order valence-corrected chi connectivity index (χ0v) is 9.34. The van der Waals surface area contributed by atoms with Crippen LogP contribution in [0, 0.1) is 5.82 Å². The summed E-state index contributed by atoms with van der Waals surface area (Å²) < 4.78 is 19.1. The molecule has 0 radical (unpaired) electrons. The van der Waals surface area contributed by atoms with Crippen LogP contribution in [0.25, 0.3) is 0 Å². The van der Waals surface area contributed by atoms with Crippen LogP contribution >= 0.6 is 15.9 Å². The lowest BCUT2D eigenvalue weighted by molar-refractivity contribution is 0.202. The van der Waals surface area contributed by atoms with Crippen LogP contribution in [-0.4, -0.2) is 6.10 Å². The van der Waals surface area contributed by atoms with Crippen molar-refractivity contribution in [1.29, 1.82) is 0 Å². The van der Waals surface area contributed by atoms with Gasteiger partial charge in [-0.2, -0.15) is 0 Å². The van der Waals surface area contributed by atoms with Gasteiger partial charge in [0.05, 0.1) is 10.5 Å². The molecule has 1 aliphatic rings. The van der Waals surface area contributed by atoms with E-state index in [1.54, 1.807) is 6.07 Å². The van der Waals surface area contributed by atoms with Gasteiger partial charge in [0.15, 0.2) is 0 Å². The number of nitrogens with two attached hydrogens (primary N) is 1. The van der Waals surface area contributed by atoms with Crippen LogP contribution in [0.1, 0.15) is 24.9 Å². The van der Waals surface area contributed by atoms with E-state index in [1.165, 1.54) is 6.07 Å². The third-order valence-electron chi connectivity index (χ3n) is 2.49. The standard InChI is InChI=1S/C10H11BrFNO/c1-2-8-10(13)5-3-6(11)7(12)4-9(5)14-8/h3-4,8,10H,2,13H2,1H3. The van der Waals surface area contributed by atoms with Crippen LogP contribution in [0.5, 0.6) is 5.75 Å². The topological polar surface area (TPSA) is 35.2 Å². The second kappa shape index (κ2) is 3.51. The SMILES string of the molecule is CCC1Oc2cc(F)c(Br)cc2C1N. The van der Waals surface area contributed by atoms with E-state index in [9.17, 15) is 4.39 Å². The Morgan fingerprint density at radius 3 is 2.93 bits per heavy atom. The molecule has 0 spiro atoms. The number of hydrogen-bond donors (Lipinski definition) is 1. The van der Waals surface area contributed by atoms with Crippen molar-refractivity contribution in [2.45, 2.75) is 25.5 Å². The Bertz CT molecular complexity index is 369. The second-order valence-electron chi connectivity index (χ2n) is 3.39. The van der Waals surface area contributed by atoms with Gasteiger partial charge in [-0.05, 0) is 28.4 Å². The maximum absolute atomic E-state index is 13.2. The summed E-state index contributed by atoms with van der Waals surface area (Å²) in [6.07, 6.45) is 0.799. The normalized spacial score (nSPS) is 24.6. The largest absolute Gasteiger partial charge is 0.488 e. The van der Waals surface area contributed by atoms with E-state index in [4.69, 9.17) is 10.5 Å². The first-order valence-corrected chi connectivity index (χ1v) is 5.34. The molecule has 1 aromatic carbocycles. The maximum Gasteiger partial charge on any atom is 0.141 e. The van der Waals surface area contributed by atoms with Gasteiger partial charge in [0.1, 0.15) is 17.7 Å². The minimum atomic E-state index is -0.312. The van der Waals surface area contributed by atoms with Gasteiger partial charge in [-0.1, -0.05) is 6.92 Å². The molecule has 1 aromatic rings. The lowest BCUT2D eigenvalue weighted by Gasteiger charge is -2.11. The molecule has 0 fully saturated rings. The van der Waals surface area contributed by atoms with Crippen molar-refractivity contribution in [3.05, 3.63) is 28.0 Å². The van der Waals surface area contributed by atoms with Gasteiger partial charge in [0, 0.05) is 11.6 Å². The summed E-state index contributed by atoms with van der Waals surface area (Å²) in [4.78, 5) is 0. The molecule has 0 aliphatic carbocycles. The summed E-state index contributed by atoms with van der Waals surface area (Å²) in [5.74, 6) is 0.262. The molecule has 4 heteroatoms. The highest BCUT2D eigenvalue weighted by molar-refractivity contribution is 9.10. The molecule has 0 aromatic heterocycles. The minimum Gasteiger partial charge on any atom is -0.488 e. The average molecular weight is 260 g/mol. The summed E-state index contributed by atoms with van der Waals surface area (Å²) >= 11 is 3.13. The van der Waals surface area contributed by atoms with Crippen molar-refractivity contribution in [2.75, 3.05) is 0 Å². The zero-order valence-electron chi connectivity index (χ0n) is 7.76. The van der Waals surface area contributed by atoms with E-state index in [0.717, 1.165) is 12.0 Å². The van der Waals surface area contributed by atoms with E-state index in [0.29, 0.717) is 10.2 Å². The summed E-state index contributed by atoms with van der Waals surface area (Å²) in [5, 5.41) is 0.